The summed E-state index contributed by atoms with van der Waals surface area (Å²) < 4.78 is 0. The standard InChI is InChI=1S/C12H12N2O5/c1-6-9(3-2-4-10(6)14(18)19)13-11(15)7-5-8(7)12(16)17/h2-4,7-8H,5H2,1H3,(H,13,15)(H,16,17). The summed E-state index contributed by atoms with van der Waals surface area (Å²) in [6.45, 7) is 1.54. The van der Waals surface area contributed by atoms with Crippen LogP contribution >= 0.6 is 0 Å². The van der Waals surface area contributed by atoms with Crippen LogP contribution in [0.5, 0.6) is 0 Å². The van der Waals surface area contributed by atoms with Gasteiger partial charge in [0.2, 0.25) is 5.91 Å². The number of carbonyl (C=O) groups is 2. The lowest BCUT2D eigenvalue weighted by Crippen LogP contribution is -2.17. The summed E-state index contributed by atoms with van der Waals surface area (Å²) in [5, 5.41) is 22.0. The Morgan fingerprint density at radius 3 is 2.63 bits per heavy atom. The van der Waals surface area contributed by atoms with E-state index in [4.69, 9.17) is 5.11 Å². The Kier molecular flexibility index (Phi) is 3.20. The van der Waals surface area contributed by atoms with Crippen molar-refractivity contribution in [2.45, 2.75) is 13.3 Å². The van der Waals surface area contributed by atoms with Gasteiger partial charge in [-0.1, -0.05) is 6.07 Å². The van der Waals surface area contributed by atoms with Gasteiger partial charge in [0.25, 0.3) is 5.69 Å². The zero-order valence-corrected chi connectivity index (χ0v) is 10.1. The molecule has 7 heteroatoms. The Hall–Kier alpha value is -2.44. The van der Waals surface area contributed by atoms with Crippen LogP contribution in [-0.4, -0.2) is 21.9 Å². The zero-order valence-electron chi connectivity index (χ0n) is 10.1. The Bertz CT molecular complexity index is 569. The minimum absolute atomic E-state index is 0.0802. The second kappa shape index (κ2) is 4.68. The van der Waals surface area contributed by atoms with Crippen molar-refractivity contribution in [3.8, 4) is 0 Å². The first kappa shape index (κ1) is 13.0. The number of nitro benzene ring substituents is 1. The molecule has 0 spiro atoms. The van der Waals surface area contributed by atoms with E-state index in [9.17, 15) is 19.7 Å². The lowest BCUT2D eigenvalue weighted by atomic mass is 10.1. The molecule has 1 amide bonds. The summed E-state index contributed by atoms with van der Waals surface area (Å²) in [7, 11) is 0. The summed E-state index contributed by atoms with van der Waals surface area (Å²) in [4.78, 5) is 32.7. The van der Waals surface area contributed by atoms with Gasteiger partial charge < -0.3 is 10.4 Å². The molecule has 1 aliphatic rings. The number of carboxylic acid groups (broad SMARTS) is 1. The van der Waals surface area contributed by atoms with Crippen molar-refractivity contribution >= 4 is 23.3 Å². The van der Waals surface area contributed by atoms with Crippen molar-refractivity contribution in [1.82, 2.24) is 0 Å². The van der Waals surface area contributed by atoms with Gasteiger partial charge in [-0.05, 0) is 19.4 Å². The van der Waals surface area contributed by atoms with Crippen LogP contribution in [0.1, 0.15) is 12.0 Å². The van der Waals surface area contributed by atoms with Gasteiger partial charge in [-0.15, -0.1) is 0 Å². The van der Waals surface area contributed by atoms with Crippen LogP contribution in [0.4, 0.5) is 11.4 Å². The first-order valence-corrected chi connectivity index (χ1v) is 5.69. The van der Waals surface area contributed by atoms with Gasteiger partial charge in [-0.25, -0.2) is 0 Å². The van der Waals surface area contributed by atoms with Crippen LogP contribution < -0.4 is 5.32 Å². The van der Waals surface area contributed by atoms with Crippen LogP contribution in [0, 0.1) is 28.9 Å². The number of amides is 1. The summed E-state index contributed by atoms with van der Waals surface area (Å²) in [6, 6.07) is 4.38. The molecule has 0 aromatic heterocycles. The van der Waals surface area contributed by atoms with Crippen molar-refractivity contribution in [2.75, 3.05) is 5.32 Å². The number of hydrogen-bond donors (Lipinski definition) is 2. The predicted octanol–water partition coefficient (Wildman–Crippen LogP) is 1.56. The Morgan fingerprint density at radius 2 is 2.11 bits per heavy atom. The Balaban J connectivity index is 2.12. The van der Waals surface area contributed by atoms with Gasteiger partial charge >= 0.3 is 5.97 Å². The molecule has 2 N–H and O–H groups in total. The Labute approximate surface area is 108 Å². The number of carboxylic acids is 1. The first-order valence-electron chi connectivity index (χ1n) is 5.69. The number of nitrogens with one attached hydrogen (secondary N) is 1. The zero-order chi connectivity index (χ0) is 14.2. The number of anilines is 1. The highest BCUT2D eigenvalue weighted by Crippen LogP contribution is 2.39. The third-order valence-corrected chi connectivity index (χ3v) is 3.20. The van der Waals surface area contributed by atoms with Crippen LogP contribution in [0.2, 0.25) is 0 Å². The monoisotopic (exact) mass is 264 g/mol. The van der Waals surface area contributed by atoms with E-state index in [0.29, 0.717) is 17.7 Å². The molecule has 0 radical (unpaired) electrons. The van der Waals surface area contributed by atoms with Crippen molar-refractivity contribution in [2.24, 2.45) is 11.8 Å². The van der Waals surface area contributed by atoms with E-state index in [-0.39, 0.29) is 5.69 Å². The quantitative estimate of drug-likeness (QED) is 0.633. The van der Waals surface area contributed by atoms with E-state index in [1.165, 1.54) is 19.1 Å². The molecule has 1 aromatic carbocycles. The maximum Gasteiger partial charge on any atom is 0.307 e. The number of nitrogens with zero attached hydrogens (tertiary/aromatic N) is 1. The van der Waals surface area contributed by atoms with E-state index < -0.39 is 28.6 Å². The summed E-state index contributed by atoms with van der Waals surface area (Å²) >= 11 is 0. The molecular formula is C12H12N2O5. The predicted molar refractivity (Wildman–Crippen MR) is 65.7 cm³/mol. The summed E-state index contributed by atoms with van der Waals surface area (Å²) in [5.74, 6) is -2.58. The largest absolute Gasteiger partial charge is 0.481 e. The number of nitro groups is 1. The molecular weight excluding hydrogens is 252 g/mol. The number of carbonyl (C=O) groups excluding carboxylic acids is 1. The highest BCUT2D eigenvalue weighted by Gasteiger charge is 2.48. The highest BCUT2D eigenvalue weighted by molar-refractivity contribution is 5.99. The van der Waals surface area contributed by atoms with E-state index in [1.807, 2.05) is 0 Å². The van der Waals surface area contributed by atoms with Crippen molar-refractivity contribution in [1.29, 1.82) is 0 Å². The van der Waals surface area contributed by atoms with Gasteiger partial charge in [-0.2, -0.15) is 0 Å². The van der Waals surface area contributed by atoms with E-state index in [2.05, 4.69) is 5.32 Å². The maximum absolute atomic E-state index is 11.8. The third-order valence-electron chi connectivity index (χ3n) is 3.20. The number of aliphatic carboxylic acids is 1. The molecule has 2 unspecified atom stereocenters. The van der Waals surface area contributed by atoms with Crippen molar-refractivity contribution in [3.63, 3.8) is 0 Å². The third kappa shape index (κ3) is 2.54. The molecule has 1 aromatic rings. The second-order valence-corrected chi connectivity index (χ2v) is 4.48. The molecule has 0 heterocycles. The van der Waals surface area contributed by atoms with E-state index in [1.54, 1.807) is 6.07 Å². The first-order chi connectivity index (χ1) is 8.91. The van der Waals surface area contributed by atoms with Gasteiger partial charge in [-0.3, -0.25) is 19.7 Å². The highest BCUT2D eigenvalue weighted by atomic mass is 16.6. The molecule has 7 nitrogen and oxygen atoms in total. The van der Waals surface area contributed by atoms with Gasteiger partial charge in [0.1, 0.15) is 0 Å². The average Bonchev–Trinajstić information content (AvgIpc) is 3.11. The molecule has 2 atom stereocenters. The van der Waals surface area contributed by atoms with Crippen molar-refractivity contribution < 1.29 is 19.6 Å². The summed E-state index contributed by atoms with van der Waals surface area (Å²) in [5.41, 5.74) is 0.618. The molecule has 2 rings (SSSR count). The van der Waals surface area contributed by atoms with Crippen LogP contribution in [0.25, 0.3) is 0 Å². The normalized spacial score (nSPS) is 20.7. The summed E-state index contributed by atoms with van der Waals surface area (Å²) in [6.07, 6.45) is 0.315. The average molecular weight is 264 g/mol. The molecule has 0 saturated heterocycles. The fourth-order valence-electron chi connectivity index (χ4n) is 1.94. The topological polar surface area (TPSA) is 110 Å². The van der Waals surface area contributed by atoms with Gasteiger partial charge in [0, 0.05) is 6.07 Å². The van der Waals surface area contributed by atoms with Crippen LogP contribution in [-0.2, 0) is 9.59 Å². The SMILES string of the molecule is Cc1c(NC(=O)C2CC2C(=O)O)cccc1[N+](=O)[O-]. The second-order valence-electron chi connectivity index (χ2n) is 4.48. The molecule has 1 saturated carbocycles. The molecule has 100 valence electrons. The molecule has 0 aliphatic heterocycles. The van der Waals surface area contributed by atoms with Gasteiger partial charge in [0.15, 0.2) is 0 Å². The van der Waals surface area contributed by atoms with Crippen LogP contribution in [0.3, 0.4) is 0 Å². The fourth-order valence-corrected chi connectivity index (χ4v) is 1.94. The van der Waals surface area contributed by atoms with Gasteiger partial charge in [0.05, 0.1) is 28.0 Å². The molecule has 1 aliphatic carbocycles. The maximum atomic E-state index is 11.8. The Morgan fingerprint density at radius 1 is 1.42 bits per heavy atom. The fraction of sp³-hybridized carbons (Fsp3) is 0.333. The minimum atomic E-state index is -0.990. The van der Waals surface area contributed by atoms with Crippen LogP contribution in [0.15, 0.2) is 18.2 Å². The molecule has 19 heavy (non-hydrogen) atoms. The number of hydrogen-bond acceptors (Lipinski definition) is 4. The lowest BCUT2D eigenvalue weighted by Gasteiger charge is -2.07. The minimum Gasteiger partial charge on any atom is -0.481 e. The van der Waals surface area contributed by atoms with E-state index in [0.717, 1.165) is 0 Å². The lowest BCUT2D eigenvalue weighted by molar-refractivity contribution is -0.385. The van der Waals surface area contributed by atoms with Crippen molar-refractivity contribution in [3.05, 3.63) is 33.9 Å². The number of benzene rings is 1. The molecule has 0 bridgehead atoms. The molecule has 1 fully saturated rings. The number of rotatable bonds is 4. The van der Waals surface area contributed by atoms with E-state index >= 15 is 0 Å². The smallest absolute Gasteiger partial charge is 0.307 e.